The molecule has 0 atom stereocenters. The lowest BCUT2D eigenvalue weighted by Crippen LogP contribution is -2.30. The van der Waals surface area contributed by atoms with Crippen LogP contribution in [0.1, 0.15) is 21.7 Å². The van der Waals surface area contributed by atoms with Gasteiger partial charge in [-0.25, -0.2) is 8.78 Å². The first-order valence-corrected chi connectivity index (χ1v) is 6.57. The number of amides is 1. The van der Waals surface area contributed by atoms with Gasteiger partial charge in [-0.15, -0.1) is 0 Å². The van der Waals surface area contributed by atoms with E-state index in [-0.39, 0.29) is 24.4 Å². The SMILES string of the molecule is O=C(NCCc1ncc(F)cc1F)c1ccc(C(F)(F)F)c(=O)[nH]1. The standard InChI is InChI=1S/C14H10F5N3O2/c15-7-5-9(16)10(21-6-7)3-4-20-13(24)11-2-1-8(12(23)22-11)14(17,18)19/h1-2,5-6H,3-4H2,(H,20,24)(H,22,23). The van der Waals surface area contributed by atoms with Gasteiger partial charge in [-0.2, -0.15) is 13.2 Å². The molecular formula is C14H10F5N3O2. The van der Waals surface area contributed by atoms with E-state index in [0.29, 0.717) is 12.1 Å². The monoisotopic (exact) mass is 347 g/mol. The Labute approximate surface area is 131 Å². The van der Waals surface area contributed by atoms with Gasteiger partial charge in [-0.1, -0.05) is 0 Å². The van der Waals surface area contributed by atoms with Gasteiger partial charge in [0, 0.05) is 19.0 Å². The number of halogens is 5. The first kappa shape index (κ1) is 17.6. The van der Waals surface area contributed by atoms with Crippen LogP contribution in [0.5, 0.6) is 0 Å². The molecule has 0 bridgehead atoms. The summed E-state index contributed by atoms with van der Waals surface area (Å²) in [5, 5.41) is 2.28. The molecule has 24 heavy (non-hydrogen) atoms. The third-order valence-electron chi connectivity index (χ3n) is 2.99. The summed E-state index contributed by atoms with van der Waals surface area (Å²) >= 11 is 0. The van der Waals surface area contributed by atoms with E-state index in [1.54, 1.807) is 0 Å². The fraction of sp³-hybridized carbons (Fsp3) is 0.214. The first-order chi connectivity index (χ1) is 11.2. The topological polar surface area (TPSA) is 74.8 Å². The molecule has 2 aromatic heterocycles. The van der Waals surface area contributed by atoms with Gasteiger partial charge >= 0.3 is 6.18 Å². The molecule has 5 nitrogen and oxygen atoms in total. The second-order valence-electron chi connectivity index (χ2n) is 4.70. The van der Waals surface area contributed by atoms with Crippen LogP contribution in [0, 0.1) is 11.6 Å². The number of carbonyl (C=O) groups excluding carboxylic acids is 1. The summed E-state index contributed by atoms with van der Waals surface area (Å²) in [5.74, 6) is -2.57. The van der Waals surface area contributed by atoms with Crippen molar-refractivity contribution in [3.63, 3.8) is 0 Å². The van der Waals surface area contributed by atoms with Crippen LogP contribution in [0.15, 0.2) is 29.2 Å². The highest BCUT2D eigenvalue weighted by Crippen LogP contribution is 2.25. The number of hydrogen-bond donors (Lipinski definition) is 2. The average Bonchev–Trinajstić information content (AvgIpc) is 2.48. The minimum absolute atomic E-state index is 0.0667. The predicted octanol–water partition coefficient (Wildman–Crippen LogP) is 2.04. The fourth-order valence-electron chi connectivity index (χ4n) is 1.85. The van der Waals surface area contributed by atoms with Crippen LogP contribution in [-0.4, -0.2) is 22.4 Å². The zero-order valence-corrected chi connectivity index (χ0v) is 11.9. The van der Waals surface area contributed by atoms with Gasteiger partial charge < -0.3 is 10.3 Å². The molecule has 0 aliphatic rings. The molecule has 0 fully saturated rings. The van der Waals surface area contributed by atoms with Crippen LogP contribution in [0.25, 0.3) is 0 Å². The lowest BCUT2D eigenvalue weighted by atomic mass is 10.2. The number of alkyl halides is 3. The van der Waals surface area contributed by atoms with Crippen LogP contribution in [-0.2, 0) is 12.6 Å². The molecule has 0 aliphatic carbocycles. The number of aromatic nitrogens is 2. The Hall–Kier alpha value is -2.78. The van der Waals surface area contributed by atoms with E-state index in [0.717, 1.165) is 12.3 Å². The average molecular weight is 347 g/mol. The molecule has 0 radical (unpaired) electrons. The molecule has 10 heteroatoms. The molecule has 0 saturated heterocycles. The van der Waals surface area contributed by atoms with E-state index in [9.17, 15) is 31.5 Å². The quantitative estimate of drug-likeness (QED) is 0.831. The highest BCUT2D eigenvalue weighted by atomic mass is 19.4. The van der Waals surface area contributed by atoms with E-state index >= 15 is 0 Å². The number of pyridine rings is 2. The van der Waals surface area contributed by atoms with Crippen molar-refractivity contribution in [2.75, 3.05) is 6.54 Å². The van der Waals surface area contributed by atoms with Crippen LogP contribution in [0.2, 0.25) is 0 Å². The molecule has 0 saturated carbocycles. The van der Waals surface area contributed by atoms with E-state index in [1.807, 2.05) is 4.98 Å². The van der Waals surface area contributed by atoms with Crippen LogP contribution < -0.4 is 10.9 Å². The van der Waals surface area contributed by atoms with Gasteiger partial charge in [-0.05, 0) is 12.1 Å². The summed E-state index contributed by atoms with van der Waals surface area (Å²) in [7, 11) is 0. The Morgan fingerprint density at radius 2 is 1.96 bits per heavy atom. The van der Waals surface area contributed by atoms with Crippen LogP contribution in [0.3, 0.4) is 0 Å². The zero-order chi connectivity index (χ0) is 17.9. The van der Waals surface area contributed by atoms with Gasteiger partial charge in [0.25, 0.3) is 11.5 Å². The van der Waals surface area contributed by atoms with Crippen LogP contribution in [0.4, 0.5) is 22.0 Å². The Bertz CT molecular complexity index is 817. The van der Waals surface area contributed by atoms with Crippen molar-refractivity contribution in [2.24, 2.45) is 0 Å². The lowest BCUT2D eigenvalue weighted by molar-refractivity contribution is -0.138. The van der Waals surface area contributed by atoms with E-state index in [2.05, 4.69) is 10.3 Å². The number of aromatic amines is 1. The Morgan fingerprint density at radius 1 is 1.25 bits per heavy atom. The molecule has 1 amide bonds. The maximum absolute atomic E-state index is 13.3. The molecule has 2 heterocycles. The van der Waals surface area contributed by atoms with Gasteiger partial charge in [0.05, 0.1) is 11.9 Å². The Balaban J connectivity index is 2.00. The molecule has 0 spiro atoms. The van der Waals surface area contributed by atoms with Crippen molar-refractivity contribution < 1.29 is 26.7 Å². The maximum Gasteiger partial charge on any atom is 0.421 e. The summed E-state index contributed by atoms with van der Waals surface area (Å²) in [6, 6.07) is 1.95. The molecule has 0 aliphatic heterocycles. The number of hydrogen-bond acceptors (Lipinski definition) is 3. The number of carbonyl (C=O) groups is 1. The molecular weight excluding hydrogens is 337 g/mol. The maximum atomic E-state index is 13.3. The third kappa shape index (κ3) is 4.15. The molecule has 128 valence electrons. The van der Waals surface area contributed by atoms with Gasteiger partial charge in [0.15, 0.2) is 0 Å². The molecule has 2 aromatic rings. The summed E-state index contributed by atoms with van der Waals surface area (Å²) in [5.41, 5.74) is -3.32. The number of rotatable bonds is 4. The first-order valence-electron chi connectivity index (χ1n) is 6.57. The minimum atomic E-state index is -4.83. The van der Waals surface area contributed by atoms with Crippen molar-refractivity contribution in [3.05, 3.63) is 63.3 Å². The van der Waals surface area contributed by atoms with Gasteiger partial charge in [-0.3, -0.25) is 14.6 Å². The summed E-state index contributed by atoms with van der Waals surface area (Å²) in [6.07, 6.45) is -4.08. The van der Waals surface area contributed by atoms with Gasteiger partial charge in [0.1, 0.15) is 22.9 Å². The third-order valence-corrected chi connectivity index (χ3v) is 2.99. The number of nitrogens with one attached hydrogen (secondary N) is 2. The molecule has 2 rings (SSSR count). The highest BCUT2D eigenvalue weighted by Gasteiger charge is 2.34. The smallest absolute Gasteiger partial charge is 0.350 e. The van der Waals surface area contributed by atoms with E-state index in [4.69, 9.17) is 0 Å². The number of H-pyrrole nitrogens is 1. The summed E-state index contributed by atoms with van der Waals surface area (Å²) < 4.78 is 63.4. The highest BCUT2D eigenvalue weighted by molar-refractivity contribution is 5.92. The van der Waals surface area contributed by atoms with Gasteiger partial charge in [0.2, 0.25) is 0 Å². The largest absolute Gasteiger partial charge is 0.421 e. The predicted molar refractivity (Wildman–Crippen MR) is 72.3 cm³/mol. The van der Waals surface area contributed by atoms with Crippen LogP contribution >= 0.6 is 0 Å². The normalized spacial score (nSPS) is 11.4. The fourth-order valence-corrected chi connectivity index (χ4v) is 1.85. The lowest BCUT2D eigenvalue weighted by Gasteiger charge is -2.08. The van der Waals surface area contributed by atoms with Crippen molar-refractivity contribution in [1.82, 2.24) is 15.3 Å². The number of nitrogens with zero attached hydrogens (tertiary/aromatic N) is 1. The second kappa shape index (κ2) is 6.77. The Kier molecular flexibility index (Phi) is 4.96. The Morgan fingerprint density at radius 3 is 2.54 bits per heavy atom. The summed E-state index contributed by atoms with van der Waals surface area (Å²) in [6.45, 7) is -0.114. The summed E-state index contributed by atoms with van der Waals surface area (Å²) in [4.78, 5) is 28.4. The molecule has 0 unspecified atom stereocenters. The van der Waals surface area contributed by atoms with Crippen molar-refractivity contribution in [3.8, 4) is 0 Å². The van der Waals surface area contributed by atoms with E-state index < -0.39 is 34.8 Å². The second-order valence-corrected chi connectivity index (χ2v) is 4.70. The zero-order valence-electron chi connectivity index (χ0n) is 11.9. The van der Waals surface area contributed by atoms with E-state index in [1.165, 1.54) is 0 Å². The molecule has 2 N–H and O–H groups in total. The molecule has 0 aromatic carbocycles. The van der Waals surface area contributed by atoms with Crippen molar-refractivity contribution in [2.45, 2.75) is 12.6 Å². The minimum Gasteiger partial charge on any atom is -0.350 e. The van der Waals surface area contributed by atoms with Crippen molar-refractivity contribution in [1.29, 1.82) is 0 Å². The van der Waals surface area contributed by atoms with Crippen molar-refractivity contribution >= 4 is 5.91 Å².